The zero-order valence-corrected chi connectivity index (χ0v) is 14.2. The van der Waals surface area contributed by atoms with Crippen molar-refractivity contribution in [2.45, 2.75) is 18.9 Å². The van der Waals surface area contributed by atoms with Crippen molar-refractivity contribution in [2.24, 2.45) is 0 Å². The van der Waals surface area contributed by atoms with E-state index in [9.17, 15) is 9.59 Å². The monoisotopic (exact) mass is 339 g/mol. The van der Waals surface area contributed by atoms with Crippen LogP contribution >= 0.6 is 0 Å². The minimum Gasteiger partial charge on any atom is -0.348 e. The van der Waals surface area contributed by atoms with Gasteiger partial charge >= 0.3 is 0 Å². The Morgan fingerprint density at radius 1 is 1.32 bits per heavy atom. The maximum Gasteiger partial charge on any atom is 0.251 e. The summed E-state index contributed by atoms with van der Waals surface area (Å²) in [5.41, 5.74) is 1.84. The number of rotatable bonds is 3. The second-order valence-electron chi connectivity index (χ2n) is 6.61. The van der Waals surface area contributed by atoms with E-state index >= 15 is 0 Å². The molecule has 25 heavy (non-hydrogen) atoms. The number of hydrazine groups is 1. The number of aromatic nitrogens is 1. The molecule has 0 aliphatic carbocycles. The van der Waals surface area contributed by atoms with Crippen LogP contribution in [0.2, 0.25) is 0 Å². The van der Waals surface area contributed by atoms with Crippen molar-refractivity contribution in [2.75, 3.05) is 31.7 Å². The van der Waals surface area contributed by atoms with Gasteiger partial charge in [0.15, 0.2) is 0 Å². The van der Waals surface area contributed by atoms with Gasteiger partial charge in [-0.15, -0.1) is 0 Å². The van der Waals surface area contributed by atoms with Crippen LogP contribution in [0.1, 0.15) is 12.8 Å². The lowest BCUT2D eigenvalue weighted by atomic mass is 10.0. The molecule has 1 unspecified atom stereocenters. The molecule has 130 valence electrons. The van der Waals surface area contributed by atoms with Gasteiger partial charge in [-0.2, -0.15) is 0 Å². The molecule has 1 aromatic rings. The van der Waals surface area contributed by atoms with Crippen molar-refractivity contribution in [3.63, 3.8) is 0 Å². The molecule has 2 amide bonds. The Balaban J connectivity index is 1.63. The van der Waals surface area contributed by atoms with Gasteiger partial charge in [0.05, 0.1) is 12.6 Å². The van der Waals surface area contributed by atoms with Gasteiger partial charge in [-0.3, -0.25) is 19.6 Å². The van der Waals surface area contributed by atoms with Crippen molar-refractivity contribution in [3.8, 4) is 0 Å². The van der Waals surface area contributed by atoms with E-state index in [0.29, 0.717) is 19.5 Å². The van der Waals surface area contributed by atoms with Gasteiger partial charge in [-0.05, 0) is 30.2 Å². The van der Waals surface area contributed by atoms with Gasteiger partial charge in [0.25, 0.3) is 5.91 Å². The lowest BCUT2D eigenvalue weighted by molar-refractivity contribution is -0.132. The standard InChI is InChI=1S/C18H21N5O2/c1-21-8-5-14(10-17(21)24)23(16-4-2-3-7-19-16)22-9-6-15-13(12-22)11-20-18(15)25/h2-4,6-7,9,14H,5,8,10-12H2,1H3,(H,20,25). The highest BCUT2D eigenvalue weighted by molar-refractivity contribution is 6.00. The minimum absolute atomic E-state index is 0.00949. The van der Waals surface area contributed by atoms with Crippen LogP contribution in [-0.2, 0) is 9.59 Å². The van der Waals surface area contributed by atoms with Gasteiger partial charge in [-0.25, -0.2) is 4.98 Å². The first kappa shape index (κ1) is 15.7. The molecule has 3 aliphatic heterocycles. The maximum atomic E-state index is 12.2. The van der Waals surface area contributed by atoms with Crippen LogP contribution in [0.3, 0.4) is 0 Å². The molecule has 1 fully saturated rings. The van der Waals surface area contributed by atoms with E-state index in [1.54, 1.807) is 11.1 Å². The number of carbonyl (C=O) groups excluding carboxylic acids is 2. The zero-order chi connectivity index (χ0) is 17.4. The smallest absolute Gasteiger partial charge is 0.251 e. The van der Waals surface area contributed by atoms with E-state index < -0.39 is 0 Å². The summed E-state index contributed by atoms with van der Waals surface area (Å²) in [7, 11) is 1.84. The Labute approximate surface area is 146 Å². The summed E-state index contributed by atoms with van der Waals surface area (Å²) >= 11 is 0. The van der Waals surface area contributed by atoms with Gasteiger partial charge in [0, 0.05) is 44.5 Å². The Hall–Kier alpha value is -2.83. The molecule has 1 N–H and O–H groups in total. The number of pyridine rings is 1. The molecule has 4 rings (SSSR count). The van der Waals surface area contributed by atoms with E-state index in [1.165, 1.54) is 0 Å². The zero-order valence-electron chi connectivity index (χ0n) is 14.2. The van der Waals surface area contributed by atoms with Crippen LogP contribution in [0, 0.1) is 0 Å². The third-order valence-corrected chi connectivity index (χ3v) is 4.99. The number of carbonyl (C=O) groups is 2. The van der Waals surface area contributed by atoms with E-state index in [2.05, 4.69) is 20.3 Å². The van der Waals surface area contributed by atoms with Crippen LogP contribution < -0.4 is 10.3 Å². The number of piperidine rings is 1. The van der Waals surface area contributed by atoms with Crippen LogP contribution in [0.5, 0.6) is 0 Å². The number of hydrogen-bond donors (Lipinski definition) is 1. The molecule has 7 nitrogen and oxygen atoms in total. The van der Waals surface area contributed by atoms with E-state index in [-0.39, 0.29) is 17.9 Å². The normalized spacial score (nSPS) is 23.0. The highest BCUT2D eigenvalue weighted by atomic mass is 16.2. The van der Waals surface area contributed by atoms with Gasteiger partial charge in [0.1, 0.15) is 5.82 Å². The first-order valence-corrected chi connectivity index (χ1v) is 8.52. The average Bonchev–Trinajstić information content (AvgIpc) is 3.00. The highest BCUT2D eigenvalue weighted by Gasteiger charge is 2.34. The van der Waals surface area contributed by atoms with Crippen molar-refractivity contribution in [3.05, 3.63) is 47.8 Å². The van der Waals surface area contributed by atoms with Crippen LogP contribution in [0.15, 0.2) is 47.8 Å². The number of nitrogens with one attached hydrogen (secondary N) is 1. The molecule has 0 aromatic carbocycles. The van der Waals surface area contributed by atoms with Crippen LogP contribution in [0.25, 0.3) is 0 Å². The lowest BCUT2D eigenvalue weighted by Crippen LogP contribution is -2.53. The topological polar surface area (TPSA) is 68.8 Å². The number of anilines is 1. The second-order valence-corrected chi connectivity index (χ2v) is 6.61. The molecule has 0 saturated carbocycles. The van der Waals surface area contributed by atoms with Crippen LogP contribution in [0.4, 0.5) is 5.82 Å². The molecule has 0 spiro atoms. The summed E-state index contributed by atoms with van der Waals surface area (Å²) in [6, 6.07) is 5.84. The summed E-state index contributed by atoms with van der Waals surface area (Å²) in [6.45, 7) is 1.94. The Bertz CT molecular complexity index is 758. The Kier molecular flexibility index (Phi) is 3.91. The first-order chi connectivity index (χ1) is 12.1. The van der Waals surface area contributed by atoms with E-state index in [1.807, 2.05) is 37.5 Å². The molecular weight excluding hydrogens is 318 g/mol. The molecule has 1 saturated heterocycles. The molecule has 0 radical (unpaired) electrons. The fourth-order valence-corrected chi connectivity index (χ4v) is 3.58. The summed E-state index contributed by atoms with van der Waals surface area (Å²) in [6.07, 6.45) is 6.87. The molecule has 3 aliphatic rings. The average molecular weight is 339 g/mol. The van der Waals surface area contributed by atoms with Crippen molar-refractivity contribution in [1.82, 2.24) is 20.2 Å². The van der Waals surface area contributed by atoms with E-state index in [0.717, 1.165) is 29.9 Å². The van der Waals surface area contributed by atoms with Gasteiger partial charge < -0.3 is 10.2 Å². The third-order valence-electron chi connectivity index (χ3n) is 4.99. The molecule has 4 heterocycles. The summed E-state index contributed by atoms with van der Waals surface area (Å²) in [5, 5.41) is 7.05. The molecular formula is C18H21N5O2. The highest BCUT2D eigenvalue weighted by Crippen LogP contribution is 2.28. The minimum atomic E-state index is -0.00949. The predicted molar refractivity (Wildman–Crippen MR) is 93.3 cm³/mol. The maximum absolute atomic E-state index is 12.2. The quantitative estimate of drug-likeness (QED) is 0.877. The third kappa shape index (κ3) is 2.86. The molecule has 1 aromatic heterocycles. The van der Waals surface area contributed by atoms with Gasteiger partial charge in [-0.1, -0.05) is 6.07 Å². The summed E-state index contributed by atoms with van der Waals surface area (Å²) in [5.74, 6) is 0.955. The van der Waals surface area contributed by atoms with Crippen LogP contribution in [-0.4, -0.2) is 59.4 Å². The number of hydrogen-bond acceptors (Lipinski definition) is 5. The van der Waals surface area contributed by atoms with Crippen molar-refractivity contribution in [1.29, 1.82) is 0 Å². The Morgan fingerprint density at radius 2 is 2.20 bits per heavy atom. The van der Waals surface area contributed by atoms with Gasteiger partial charge in [0.2, 0.25) is 5.91 Å². The summed E-state index contributed by atoms with van der Waals surface area (Å²) in [4.78, 5) is 30.3. The number of nitrogens with zero attached hydrogens (tertiary/aromatic N) is 4. The number of amides is 2. The second kappa shape index (κ2) is 6.23. The number of likely N-dealkylation sites (tertiary alicyclic amines) is 1. The van der Waals surface area contributed by atoms with Crippen molar-refractivity contribution < 1.29 is 9.59 Å². The van der Waals surface area contributed by atoms with E-state index in [4.69, 9.17) is 0 Å². The lowest BCUT2D eigenvalue weighted by Gasteiger charge is -2.44. The SMILES string of the molecule is CN1CCC(N(c2ccccn2)N2C=CC3=C(CNC3=O)C2)CC1=O. The fraction of sp³-hybridized carbons (Fsp3) is 0.389. The Morgan fingerprint density at radius 3 is 2.96 bits per heavy atom. The molecule has 0 bridgehead atoms. The largest absolute Gasteiger partial charge is 0.348 e. The summed E-state index contributed by atoms with van der Waals surface area (Å²) < 4.78 is 0. The molecule has 7 heteroatoms. The molecule has 1 atom stereocenters. The van der Waals surface area contributed by atoms with Crippen molar-refractivity contribution >= 4 is 17.6 Å². The first-order valence-electron chi connectivity index (χ1n) is 8.52. The predicted octanol–water partition coefficient (Wildman–Crippen LogP) is 0.679. The fourth-order valence-electron chi connectivity index (χ4n) is 3.58.